The van der Waals surface area contributed by atoms with Gasteiger partial charge in [-0.25, -0.2) is 8.78 Å². The summed E-state index contributed by atoms with van der Waals surface area (Å²) in [5, 5.41) is 9.95. The minimum Gasteiger partial charge on any atom is -0.496 e. The molecule has 1 rings (SSSR count). The molecule has 3 nitrogen and oxygen atoms in total. The minimum atomic E-state index is -2.65. The average molecular weight is 245 g/mol. The Hall–Kier alpha value is -1.20. The van der Waals surface area contributed by atoms with E-state index in [9.17, 15) is 13.9 Å². The maximum Gasteiger partial charge on any atom is 0.267 e. The van der Waals surface area contributed by atoms with Gasteiger partial charge >= 0.3 is 0 Å². The lowest BCUT2D eigenvalue weighted by Crippen LogP contribution is -2.25. The molecule has 17 heavy (non-hydrogen) atoms. The molecule has 0 saturated carbocycles. The molecule has 0 amide bonds. The predicted octanol–water partition coefficient (Wildman–Crippen LogP) is 2.32. The van der Waals surface area contributed by atoms with E-state index in [2.05, 4.69) is 0 Å². The van der Waals surface area contributed by atoms with Crippen molar-refractivity contribution in [2.45, 2.75) is 32.4 Å². The molecule has 0 aliphatic carbocycles. The molecule has 0 heterocycles. The van der Waals surface area contributed by atoms with Crippen LogP contribution >= 0.6 is 0 Å². The van der Waals surface area contributed by atoms with E-state index in [4.69, 9.17) is 10.5 Å². The lowest BCUT2D eigenvalue weighted by molar-refractivity contribution is 0.137. The fourth-order valence-corrected chi connectivity index (χ4v) is 1.74. The maximum atomic E-state index is 12.8. The third-order valence-corrected chi connectivity index (χ3v) is 2.68. The fourth-order valence-electron chi connectivity index (χ4n) is 1.74. The number of ether oxygens (including phenoxy) is 1. The van der Waals surface area contributed by atoms with E-state index in [1.54, 1.807) is 13.8 Å². The van der Waals surface area contributed by atoms with Crippen LogP contribution < -0.4 is 10.5 Å². The smallest absolute Gasteiger partial charge is 0.267 e. The highest BCUT2D eigenvalue weighted by Gasteiger charge is 2.24. The number of rotatable bonds is 4. The molecule has 5 heteroatoms. The number of hydrogen-bond donors (Lipinski definition) is 2. The highest BCUT2D eigenvalue weighted by atomic mass is 19.3. The van der Waals surface area contributed by atoms with Gasteiger partial charge in [0.05, 0.1) is 18.8 Å². The second kappa shape index (κ2) is 5.42. The van der Waals surface area contributed by atoms with E-state index in [0.717, 1.165) is 0 Å². The van der Waals surface area contributed by atoms with Gasteiger partial charge in [-0.1, -0.05) is 6.07 Å². The monoisotopic (exact) mass is 245 g/mol. The molecule has 0 aliphatic heterocycles. The van der Waals surface area contributed by atoms with E-state index in [1.165, 1.54) is 19.2 Å². The van der Waals surface area contributed by atoms with Crippen molar-refractivity contribution in [2.75, 3.05) is 7.11 Å². The highest BCUT2D eigenvalue weighted by molar-refractivity contribution is 5.48. The van der Waals surface area contributed by atoms with Crippen LogP contribution in [-0.4, -0.2) is 18.3 Å². The van der Waals surface area contributed by atoms with Gasteiger partial charge in [-0.3, -0.25) is 0 Å². The zero-order chi connectivity index (χ0) is 13.2. The Morgan fingerprint density at radius 1 is 1.35 bits per heavy atom. The number of aliphatic hydroxyl groups is 1. The Morgan fingerprint density at radius 2 is 1.94 bits per heavy atom. The van der Waals surface area contributed by atoms with Crippen molar-refractivity contribution in [3.8, 4) is 5.75 Å². The lowest BCUT2D eigenvalue weighted by Gasteiger charge is -2.22. The standard InChI is InChI=1S/C12H17F2NO2/c1-6-4-5-8(12(13)14)11(17-3)9(6)10(16)7(2)15/h4-5,7,10,12,16H,15H2,1-3H3. The van der Waals surface area contributed by atoms with Crippen molar-refractivity contribution in [3.05, 3.63) is 28.8 Å². The predicted molar refractivity (Wildman–Crippen MR) is 61.3 cm³/mol. The summed E-state index contributed by atoms with van der Waals surface area (Å²) < 4.78 is 30.6. The van der Waals surface area contributed by atoms with Crippen LogP contribution in [0.15, 0.2) is 12.1 Å². The summed E-state index contributed by atoms with van der Waals surface area (Å²) in [6.07, 6.45) is -3.67. The number of hydrogen-bond acceptors (Lipinski definition) is 3. The summed E-state index contributed by atoms with van der Waals surface area (Å²) in [5.74, 6) is 0.0183. The van der Waals surface area contributed by atoms with Gasteiger partial charge < -0.3 is 15.6 Å². The van der Waals surface area contributed by atoms with Crippen molar-refractivity contribution in [1.82, 2.24) is 0 Å². The SMILES string of the molecule is COc1c(C(F)F)ccc(C)c1C(O)C(C)N. The topological polar surface area (TPSA) is 55.5 Å². The molecule has 0 aliphatic rings. The zero-order valence-corrected chi connectivity index (χ0v) is 10.1. The molecule has 0 radical (unpaired) electrons. The summed E-state index contributed by atoms with van der Waals surface area (Å²) in [6.45, 7) is 3.33. The molecule has 0 fully saturated rings. The van der Waals surface area contributed by atoms with Crippen molar-refractivity contribution in [2.24, 2.45) is 5.73 Å². The number of alkyl halides is 2. The van der Waals surface area contributed by atoms with Gasteiger partial charge in [-0.05, 0) is 25.5 Å². The second-order valence-corrected chi connectivity index (χ2v) is 4.02. The Kier molecular flexibility index (Phi) is 4.42. The first-order valence-corrected chi connectivity index (χ1v) is 5.29. The highest BCUT2D eigenvalue weighted by Crippen LogP contribution is 2.37. The Bertz CT molecular complexity index is 394. The van der Waals surface area contributed by atoms with Crippen LogP contribution in [0.1, 0.15) is 36.1 Å². The van der Waals surface area contributed by atoms with Gasteiger partial charge in [-0.15, -0.1) is 0 Å². The summed E-state index contributed by atoms with van der Waals surface area (Å²) in [5.41, 5.74) is 6.38. The molecule has 0 aromatic heterocycles. The first-order chi connectivity index (χ1) is 7.90. The minimum absolute atomic E-state index is 0.0183. The number of aryl methyl sites for hydroxylation is 1. The maximum absolute atomic E-state index is 12.8. The Morgan fingerprint density at radius 3 is 2.35 bits per heavy atom. The molecule has 2 atom stereocenters. The molecule has 2 unspecified atom stereocenters. The number of aliphatic hydroxyl groups excluding tert-OH is 1. The van der Waals surface area contributed by atoms with Gasteiger partial charge in [0.15, 0.2) is 0 Å². The number of benzene rings is 1. The molecular formula is C12H17F2NO2. The van der Waals surface area contributed by atoms with E-state index in [-0.39, 0.29) is 11.3 Å². The van der Waals surface area contributed by atoms with Crippen LogP contribution in [0.5, 0.6) is 5.75 Å². The lowest BCUT2D eigenvalue weighted by atomic mass is 9.95. The molecule has 3 N–H and O–H groups in total. The average Bonchev–Trinajstić information content (AvgIpc) is 2.26. The molecule has 0 saturated heterocycles. The van der Waals surface area contributed by atoms with E-state index in [1.807, 2.05) is 0 Å². The van der Waals surface area contributed by atoms with Crippen LogP contribution in [0.3, 0.4) is 0 Å². The quantitative estimate of drug-likeness (QED) is 0.856. The van der Waals surface area contributed by atoms with Crippen molar-refractivity contribution in [3.63, 3.8) is 0 Å². The van der Waals surface area contributed by atoms with Gasteiger partial charge in [0.1, 0.15) is 5.75 Å². The first-order valence-electron chi connectivity index (χ1n) is 5.29. The normalized spacial score (nSPS) is 14.8. The summed E-state index contributed by atoms with van der Waals surface area (Å²) in [7, 11) is 1.30. The first kappa shape index (κ1) is 13.9. The largest absolute Gasteiger partial charge is 0.496 e. The van der Waals surface area contributed by atoms with E-state index in [0.29, 0.717) is 11.1 Å². The van der Waals surface area contributed by atoms with Crippen molar-refractivity contribution >= 4 is 0 Å². The molecule has 0 bridgehead atoms. The Balaban J connectivity index is 3.40. The number of methoxy groups -OCH3 is 1. The fraction of sp³-hybridized carbons (Fsp3) is 0.500. The third kappa shape index (κ3) is 2.73. The van der Waals surface area contributed by atoms with Crippen LogP contribution in [0.25, 0.3) is 0 Å². The van der Waals surface area contributed by atoms with Crippen molar-refractivity contribution in [1.29, 1.82) is 0 Å². The third-order valence-electron chi connectivity index (χ3n) is 2.68. The summed E-state index contributed by atoms with van der Waals surface area (Å²) in [6, 6.07) is 2.27. The van der Waals surface area contributed by atoms with Gasteiger partial charge in [0.2, 0.25) is 0 Å². The molecule has 0 spiro atoms. The molecule has 96 valence electrons. The molecular weight excluding hydrogens is 228 g/mol. The van der Waals surface area contributed by atoms with Gasteiger partial charge in [0, 0.05) is 11.6 Å². The second-order valence-electron chi connectivity index (χ2n) is 4.02. The Labute approximate surface area is 99.2 Å². The van der Waals surface area contributed by atoms with Crippen molar-refractivity contribution < 1.29 is 18.6 Å². The van der Waals surface area contributed by atoms with Crippen LogP contribution in [0.4, 0.5) is 8.78 Å². The summed E-state index contributed by atoms with van der Waals surface area (Å²) in [4.78, 5) is 0. The number of halogens is 2. The van der Waals surface area contributed by atoms with Gasteiger partial charge in [0.25, 0.3) is 6.43 Å². The zero-order valence-electron chi connectivity index (χ0n) is 10.1. The molecule has 1 aromatic rings. The van der Waals surface area contributed by atoms with Crippen LogP contribution in [0, 0.1) is 6.92 Å². The number of nitrogens with two attached hydrogens (primary N) is 1. The van der Waals surface area contributed by atoms with E-state index < -0.39 is 18.6 Å². The summed E-state index contributed by atoms with van der Waals surface area (Å²) >= 11 is 0. The molecule has 1 aromatic carbocycles. The van der Waals surface area contributed by atoms with Gasteiger partial charge in [-0.2, -0.15) is 0 Å². The van der Waals surface area contributed by atoms with Crippen LogP contribution in [0.2, 0.25) is 0 Å². The van der Waals surface area contributed by atoms with Crippen LogP contribution in [-0.2, 0) is 0 Å². The van der Waals surface area contributed by atoms with E-state index >= 15 is 0 Å².